The maximum absolute atomic E-state index is 12.3. The summed E-state index contributed by atoms with van der Waals surface area (Å²) in [5.41, 5.74) is 5.67. The van der Waals surface area contributed by atoms with Crippen LogP contribution in [0.15, 0.2) is 33.6 Å². The number of halogens is 1. The molecule has 0 amide bonds. The lowest BCUT2D eigenvalue weighted by atomic mass is 10.1. The van der Waals surface area contributed by atoms with E-state index in [0.717, 1.165) is 19.3 Å². The lowest BCUT2D eigenvalue weighted by Gasteiger charge is -2.19. The first-order valence-electron chi connectivity index (χ1n) is 6.01. The monoisotopic (exact) mass is 332 g/mol. The molecule has 1 fully saturated rings. The van der Waals surface area contributed by atoms with E-state index in [1.54, 1.807) is 24.3 Å². The highest BCUT2D eigenvalue weighted by Gasteiger charge is 2.30. The number of nitrogens with one attached hydrogen (secondary N) is 1. The van der Waals surface area contributed by atoms with Crippen LogP contribution in [-0.4, -0.2) is 21.0 Å². The molecule has 2 rings (SSSR count). The molecule has 1 aromatic rings. The van der Waals surface area contributed by atoms with Crippen molar-refractivity contribution in [2.24, 2.45) is 11.7 Å². The summed E-state index contributed by atoms with van der Waals surface area (Å²) in [6.45, 7) is 0.531. The van der Waals surface area contributed by atoms with Gasteiger partial charge in [-0.05, 0) is 53.4 Å². The van der Waals surface area contributed by atoms with Gasteiger partial charge in [0.15, 0.2) is 0 Å². The van der Waals surface area contributed by atoms with Gasteiger partial charge in [0.2, 0.25) is 10.0 Å². The summed E-state index contributed by atoms with van der Waals surface area (Å²) in [5.74, 6) is 0.252. The van der Waals surface area contributed by atoms with Crippen molar-refractivity contribution in [3.8, 4) is 0 Å². The summed E-state index contributed by atoms with van der Waals surface area (Å²) in [6.07, 6.45) is 2.90. The molecule has 2 atom stereocenters. The number of nitrogens with two attached hydrogens (primary N) is 1. The van der Waals surface area contributed by atoms with E-state index in [0.29, 0.717) is 11.0 Å². The molecule has 0 heterocycles. The van der Waals surface area contributed by atoms with Crippen molar-refractivity contribution >= 4 is 26.0 Å². The predicted octanol–water partition coefficient (Wildman–Crippen LogP) is 1.85. The Morgan fingerprint density at radius 2 is 2.06 bits per heavy atom. The average Bonchev–Trinajstić information content (AvgIpc) is 2.76. The van der Waals surface area contributed by atoms with E-state index in [4.69, 9.17) is 5.73 Å². The minimum Gasteiger partial charge on any atom is -0.330 e. The van der Waals surface area contributed by atoms with Crippen LogP contribution in [0.2, 0.25) is 0 Å². The fourth-order valence-corrected chi connectivity index (χ4v) is 4.74. The van der Waals surface area contributed by atoms with Crippen molar-refractivity contribution in [1.29, 1.82) is 0 Å². The average molecular weight is 333 g/mol. The van der Waals surface area contributed by atoms with Gasteiger partial charge in [-0.2, -0.15) is 0 Å². The molecular formula is C12H17BrN2O2S. The molecule has 0 aliphatic heterocycles. The maximum Gasteiger partial charge on any atom is 0.241 e. The Bertz CT molecular complexity index is 519. The second-order valence-electron chi connectivity index (χ2n) is 4.58. The fraction of sp³-hybridized carbons (Fsp3) is 0.500. The summed E-state index contributed by atoms with van der Waals surface area (Å²) in [7, 11) is -3.47. The minimum atomic E-state index is -3.47. The van der Waals surface area contributed by atoms with E-state index >= 15 is 0 Å². The molecule has 0 bridgehead atoms. The molecule has 0 aromatic heterocycles. The van der Waals surface area contributed by atoms with Gasteiger partial charge < -0.3 is 5.73 Å². The van der Waals surface area contributed by atoms with Crippen molar-refractivity contribution in [3.63, 3.8) is 0 Å². The number of rotatable bonds is 4. The number of hydrogen-bond acceptors (Lipinski definition) is 3. The van der Waals surface area contributed by atoms with Gasteiger partial charge in [-0.15, -0.1) is 0 Å². The molecule has 2 unspecified atom stereocenters. The highest BCUT2D eigenvalue weighted by atomic mass is 79.9. The van der Waals surface area contributed by atoms with Gasteiger partial charge in [-0.25, -0.2) is 13.1 Å². The first kappa shape index (κ1) is 14.0. The van der Waals surface area contributed by atoms with Gasteiger partial charge in [-0.3, -0.25) is 0 Å². The van der Waals surface area contributed by atoms with Crippen LogP contribution in [0.1, 0.15) is 19.3 Å². The Kier molecular flexibility index (Phi) is 4.42. The lowest BCUT2D eigenvalue weighted by molar-refractivity contribution is 0.453. The molecule has 0 radical (unpaired) electrons. The first-order chi connectivity index (χ1) is 8.54. The van der Waals surface area contributed by atoms with E-state index in [9.17, 15) is 8.42 Å². The first-order valence-corrected chi connectivity index (χ1v) is 8.29. The smallest absolute Gasteiger partial charge is 0.241 e. The normalized spacial score (nSPS) is 24.3. The Labute approximate surface area is 116 Å². The van der Waals surface area contributed by atoms with Crippen LogP contribution in [-0.2, 0) is 10.0 Å². The topological polar surface area (TPSA) is 72.2 Å². The molecule has 0 saturated heterocycles. The van der Waals surface area contributed by atoms with Crippen LogP contribution < -0.4 is 10.5 Å². The Morgan fingerprint density at radius 3 is 2.72 bits per heavy atom. The summed E-state index contributed by atoms with van der Waals surface area (Å²) >= 11 is 3.27. The van der Waals surface area contributed by atoms with Crippen molar-refractivity contribution in [2.75, 3.05) is 6.54 Å². The minimum absolute atomic E-state index is 0.0351. The van der Waals surface area contributed by atoms with Gasteiger partial charge in [0.25, 0.3) is 0 Å². The third kappa shape index (κ3) is 2.93. The van der Waals surface area contributed by atoms with Gasteiger partial charge in [0.1, 0.15) is 0 Å². The van der Waals surface area contributed by atoms with Gasteiger partial charge >= 0.3 is 0 Å². The van der Waals surface area contributed by atoms with Crippen molar-refractivity contribution in [2.45, 2.75) is 30.2 Å². The largest absolute Gasteiger partial charge is 0.330 e. The fourth-order valence-electron chi connectivity index (χ4n) is 2.40. The van der Waals surface area contributed by atoms with Crippen molar-refractivity contribution in [1.82, 2.24) is 4.72 Å². The Balaban J connectivity index is 2.20. The highest BCUT2D eigenvalue weighted by molar-refractivity contribution is 9.10. The number of sulfonamides is 1. The van der Waals surface area contributed by atoms with E-state index in [1.807, 2.05) is 0 Å². The molecule has 100 valence electrons. The molecule has 1 aromatic carbocycles. The van der Waals surface area contributed by atoms with Crippen molar-refractivity contribution < 1.29 is 8.42 Å². The third-order valence-electron chi connectivity index (χ3n) is 3.39. The molecule has 4 nitrogen and oxygen atoms in total. The summed E-state index contributed by atoms with van der Waals surface area (Å²) in [6, 6.07) is 6.80. The molecule has 18 heavy (non-hydrogen) atoms. The van der Waals surface area contributed by atoms with E-state index in [-0.39, 0.29) is 16.9 Å². The molecule has 1 aliphatic rings. The van der Waals surface area contributed by atoms with Crippen LogP contribution in [0.25, 0.3) is 0 Å². The van der Waals surface area contributed by atoms with E-state index in [1.165, 1.54) is 0 Å². The van der Waals surface area contributed by atoms with Crippen LogP contribution in [0.4, 0.5) is 0 Å². The van der Waals surface area contributed by atoms with E-state index in [2.05, 4.69) is 20.7 Å². The summed E-state index contributed by atoms with van der Waals surface area (Å²) in [4.78, 5) is 0.285. The molecular weight excluding hydrogens is 316 g/mol. The van der Waals surface area contributed by atoms with Gasteiger partial charge in [0.05, 0.1) is 4.90 Å². The third-order valence-corrected chi connectivity index (χ3v) is 5.90. The second kappa shape index (κ2) is 5.69. The van der Waals surface area contributed by atoms with Crippen LogP contribution in [0.5, 0.6) is 0 Å². The molecule has 0 spiro atoms. The summed E-state index contributed by atoms with van der Waals surface area (Å²) < 4.78 is 27.9. The highest BCUT2D eigenvalue weighted by Crippen LogP contribution is 2.27. The molecule has 6 heteroatoms. The molecule has 3 N–H and O–H groups in total. The van der Waals surface area contributed by atoms with Crippen LogP contribution in [0.3, 0.4) is 0 Å². The second-order valence-corrected chi connectivity index (χ2v) is 7.12. The Hall–Kier alpha value is -0.430. The standard InChI is InChI=1S/C12H17BrN2O2S/c13-10-5-1-2-7-12(10)18(16,17)15-11-6-3-4-9(11)8-14/h1-2,5,7,9,11,15H,3-4,6,8,14H2. The number of hydrogen-bond donors (Lipinski definition) is 2. The zero-order valence-electron chi connectivity index (χ0n) is 9.97. The van der Waals surface area contributed by atoms with Crippen LogP contribution in [0, 0.1) is 5.92 Å². The SMILES string of the molecule is NCC1CCCC1NS(=O)(=O)c1ccccc1Br. The zero-order chi connectivity index (χ0) is 13.2. The van der Waals surface area contributed by atoms with E-state index < -0.39 is 10.0 Å². The van der Waals surface area contributed by atoms with Gasteiger partial charge in [-0.1, -0.05) is 18.6 Å². The quantitative estimate of drug-likeness (QED) is 0.883. The maximum atomic E-state index is 12.3. The summed E-state index contributed by atoms with van der Waals surface area (Å²) in [5, 5.41) is 0. The van der Waals surface area contributed by atoms with Crippen LogP contribution >= 0.6 is 15.9 Å². The molecule has 1 aliphatic carbocycles. The zero-order valence-corrected chi connectivity index (χ0v) is 12.4. The van der Waals surface area contributed by atoms with Crippen molar-refractivity contribution in [3.05, 3.63) is 28.7 Å². The molecule has 1 saturated carbocycles. The Morgan fingerprint density at radius 1 is 1.33 bits per heavy atom. The lowest BCUT2D eigenvalue weighted by Crippen LogP contribution is -2.39. The van der Waals surface area contributed by atoms with Gasteiger partial charge in [0, 0.05) is 10.5 Å². The number of benzene rings is 1. The predicted molar refractivity (Wildman–Crippen MR) is 74.6 cm³/mol.